The van der Waals surface area contributed by atoms with Gasteiger partial charge in [-0.3, -0.25) is 9.36 Å². The molecule has 39 heavy (non-hydrogen) atoms. The van der Waals surface area contributed by atoms with Crippen molar-refractivity contribution < 1.29 is 9.21 Å². The molecule has 0 amide bonds. The van der Waals surface area contributed by atoms with Gasteiger partial charge in [-0.2, -0.15) is 0 Å². The highest BCUT2D eigenvalue weighted by Gasteiger charge is 2.43. The molecule has 198 valence electrons. The average Bonchev–Trinajstić information content (AvgIpc) is 3.80. The van der Waals surface area contributed by atoms with Crippen molar-refractivity contribution in [1.82, 2.24) is 19.3 Å². The summed E-state index contributed by atoms with van der Waals surface area (Å²) in [6.07, 6.45) is 6.98. The van der Waals surface area contributed by atoms with Crippen LogP contribution < -0.4 is 0 Å². The topological polar surface area (TPSA) is 65.8 Å². The van der Waals surface area contributed by atoms with Gasteiger partial charge in [0.25, 0.3) is 0 Å². The van der Waals surface area contributed by atoms with Gasteiger partial charge in [-0.15, -0.1) is 10.2 Å². The van der Waals surface area contributed by atoms with E-state index >= 15 is 0 Å². The lowest BCUT2D eigenvalue weighted by Gasteiger charge is -2.30. The summed E-state index contributed by atoms with van der Waals surface area (Å²) in [6, 6.07) is 22.4. The van der Waals surface area contributed by atoms with E-state index in [1.807, 2.05) is 55.6 Å². The van der Waals surface area contributed by atoms with Crippen LogP contribution in [-0.2, 0) is 7.05 Å². The van der Waals surface area contributed by atoms with Crippen LogP contribution in [0.4, 0.5) is 0 Å². The van der Waals surface area contributed by atoms with Crippen LogP contribution >= 0.6 is 11.8 Å². The van der Waals surface area contributed by atoms with Gasteiger partial charge in [0.15, 0.2) is 16.7 Å². The Hall–Kier alpha value is -3.58. The molecule has 2 fully saturated rings. The highest BCUT2D eigenvalue weighted by atomic mass is 32.2. The first-order chi connectivity index (χ1) is 19.1. The van der Waals surface area contributed by atoms with Crippen LogP contribution in [0.5, 0.6) is 0 Å². The fraction of sp³-hybridized carbons (Fsp3) is 0.344. The maximum atomic E-state index is 14.0. The van der Waals surface area contributed by atoms with Crippen LogP contribution in [0.1, 0.15) is 49.0 Å². The molecule has 0 N–H and O–H groups in total. The number of carbonyl (C=O) groups is 1. The zero-order valence-corrected chi connectivity index (χ0v) is 23.1. The smallest absolute Gasteiger partial charge is 0.200 e. The lowest BCUT2D eigenvalue weighted by molar-refractivity contribution is 0.102. The minimum atomic E-state index is 0.0947. The summed E-state index contributed by atoms with van der Waals surface area (Å²) in [5, 5.41) is 10.9. The van der Waals surface area contributed by atoms with Crippen LogP contribution in [0.15, 0.2) is 82.6 Å². The van der Waals surface area contributed by atoms with E-state index in [2.05, 4.69) is 44.5 Å². The second kappa shape index (κ2) is 9.87. The lowest BCUT2D eigenvalue weighted by atomic mass is 9.84. The van der Waals surface area contributed by atoms with Gasteiger partial charge in [-0.25, -0.2) is 0 Å². The van der Waals surface area contributed by atoms with Gasteiger partial charge in [0.1, 0.15) is 0 Å². The quantitative estimate of drug-likeness (QED) is 0.150. The monoisotopic (exact) mass is 536 g/mol. The van der Waals surface area contributed by atoms with Crippen molar-refractivity contribution >= 4 is 28.4 Å². The Morgan fingerprint density at radius 3 is 2.59 bits per heavy atom. The van der Waals surface area contributed by atoms with Gasteiger partial charge < -0.3 is 8.98 Å². The number of benzene rings is 2. The maximum Gasteiger partial charge on any atom is 0.200 e. The third-order valence-electron chi connectivity index (χ3n) is 8.99. The zero-order valence-electron chi connectivity index (χ0n) is 22.3. The number of thioether (sulfide) groups is 1. The van der Waals surface area contributed by atoms with Gasteiger partial charge in [-0.1, -0.05) is 66.7 Å². The molecule has 7 rings (SSSR count). The van der Waals surface area contributed by atoms with E-state index in [0.29, 0.717) is 5.92 Å². The number of hydrogen-bond acceptors (Lipinski definition) is 5. The van der Waals surface area contributed by atoms with Crippen molar-refractivity contribution in [2.45, 2.75) is 43.8 Å². The number of nitrogens with zero attached hydrogens (tertiary/aromatic N) is 4. The Morgan fingerprint density at radius 2 is 1.85 bits per heavy atom. The normalized spacial score (nSPS) is 21.1. The molecule has 2 aromatic carbocycles. The summed E-state index contributed by atoms with van der Waals surface area (Å²) in [4.78, 5) is 14.0. The van der Waals surface area contributed by atoms with Gasteiger partial charge in [0, 0.05) is 24.0 Å². The second-order valence-corrected chi connectivity index (χ2v) is 12.1. The first kappa shape index (κ1) is 24.5. The largest absolute Gasteiger partial charge is 0.461 e. The number of ketones is 1. The molecule has 0 unspecified atom stereocenters. The SMILES string of the molecule is C[C@@H]([C@H]1C[C@@H]2CC[C@@H]1C2)n1c(SCC(=O)c2c(-c3ccccc3)n(C)c3ccccc23)nnc1-c1ccco1. The summed E-state index contributed by atoms with van der Waals surface area (Å²) in [7, 11) is 2.04. The number of Topliss-reactive ketones (excluding diaryl/α,β-unsaturated/α-hetero) is 1. The summed E-state index contributed by atoms with van der Waals surface area (Å²) in [6.45, 7) is 2.30. The fourth-order valence-corrected chi connectivity index (χ4v) is 8.10. The number of hydrogen-bond donors (Lipinski definition) is 0. The molecule has 0 spiro atoms. The molecule has 2 bridgehead atoms. The molecule has 3 heterocycles. The van der Waals surface area contributed by atoms with Gasteiger partial charge in [0.2, 0.25) is 5.82 Å². The zero-order chi connectivity index (χ0) is 26.5. The van der Waals surface area contributed by atoms with Crippen molar-refractivity contribution in [2.75, 3.05) is 5.75 Å². The van der Waals surface area contributed by atoms with Crippen LogP contribution in [-0.4, -0.2) is 30.9 Å². The first-order valence-electron chi connectivity index (χ1n) is 13.9. The standard InChI is InChI=1S/C32H32N4O2S/c1-20(25-18-21-14-15-23(25)17-21)36-31(28-13-8-16-38-28)33-34-32(36)39-19-27(37)29-24-11-6-7-12-26(24)35(2)30(29)22-9-4-3-5-10-22/h3-13,16,20-21,23,25H,14-15,17-19H2,1-2H3/t20-,21+,23+,25+/m0/s1. The van der Waals surface area contributed by atoms with Crippen molar-refractivity contribution in [3.8, 4) is 22.8 Å². The molecular formula is C32H32N4O2S. The van der Waals surface area contributed by atoms with Crippen molar-refractivity contribution in [1.29, 1.82) is 0 Å². The predicted molar refractivity (Wildman–Crippen MR) is 155 cm³/mol. The molecule has 6 nitrogen and oxygen atoms in total. The van der Waals surface area contributed by atoms with E-state index in [-0.39, 0.29) is 17.6 Å². The molecule has 4 atom stereocenters. The molecule has 0 radical (unpaired) electrons. The Bertz CT molecular complexity index is 1640. The van der Waals surface area contributed by atoms with Crippen molar-refractivity contribution in [3.63, 3.8) is 0 Å². The Balaban J connectivity index is 1.24. The highest BCUT2D eigenvalue weighted by molar-refractivity contribution is 7.99. The molecular weight excluding hydrogens is 504 g/mol. The summed E-state index contributed by atoms with van der Waals surface area (Å²) >= 11 is 1.49. The Kier molecular flexibility index (Phi) is 6.19. The van der Waals surface area contributed by atoms with Crippen molar-refractivity contribution in [3.05, 3.63) is 78.6 Å². The molecule has 3 aromatic heterocycles. The van der Waals surface area contributed by atoms with Crippen molar-refractivity contribution in [2.24, 2.45) is 24.8 Å². The predicted octanol–water partition coefficient (Wildman–Crippen LogP) is 7.67. The maximum absolute atomic E-state index is 14.0. The van der Waals surface area contributed by atoms with Crippen LogP contribution in [0.25, 0.3) is 33.7 Å². The van der Waals surface area contributed by atoms with Crippen LogP contribution in [0.2, 0.25) is 0 Å². The average molecular weight is 537 g/mol. The van der Waals surface area contributed by atoms with Crippen LogP contribution in [0.3, 0.4) is 0 Å². The fourth-order valence-electron chi connectivity index (χ4n) is 7.20. The first-order valence-corrected chi connectivity index (χ1v) is 14.9. The van der Waals surface area contributed by atoms with E-state index in [4.69, 9.17) is 4.42 Å². The summed E-state index contributed by atoms with van der Waals surface area (Å²) in [5.41, 5.74) is 3.82. The number of para-hydroxylation sites is 1. The molecule has 2 aliphatic rings. The number of aryl methyl sites for hydroxylation is 1. The number of rotatable bonds is 8. The summed E-state index contributed by atoms with van der Waals surface area (Å²) < 4.78 is 10.1. The minimum Gasteiger partial charge on any atom is -0.461 e. The molecule has 2 aliphatic carbocycles. The Morgan fingerprint density at radius 1 is 1.03 bits per heavy atom. The van der Waals surface area contributed by atoms with Crippen LogP contribution in [0, 0.1) is 17.8 Å². The highest BCUT2D eigenvalue weighted by Crippen LogP contribution is 2.53. The van der Waals surface area contributed by atoms with Gasteiger partial charge >= 0.3 is 0 Å². The number of carbonyl (C=O) groups excluding carboxylic acids is 1. The third kappa shape index (κ3) is 4.15. The van der Waals surface area contributed by atoms with E-state index in [0.717, 1.165) is 56.3 Å². The van der Waals surface area contributed by atoms with E-state index in [1.54, 1.807) is 6.26 Å². The van der Waals surface area contributed by atoms with Gasteiger partial charge in [-0.05, 0) is 67.7 Å². The second-order valence-electron chi connectivity index (χ2n) is 11.1. The number of fused-ring (bicyclic) bond motifs is 3. The molecule has 0 aliphatic heterocycles. The van der Waals surface area contributed by atoms with E-state index in [1.165, 1.54) is 37.4 Å². The molecule has 0 saturated heterocycles. The molecule has 5 aromatic rings. The number of aromatic nitrogens is 4. The third-order valence-corrected chi connectivity index (χ3v) is 9.93. The van der Waals surface area contributed by atoms with E-state index in [9.17, 15) is 4.79 Å². The number of furan rings is 1. The van der Waals surface area contributed by atoms with Gasteiger partial charge in [0.05, 0.1) is 23.3 Å². The minimum absolute atomic E-state index is 0.0947. The molecule has 2 saturated carbocycles. The van der Waals surface area contributed by atoms with E-state index < -0.39 is 0 Å². The Labute approximate surface area is 232 Å². The molecule has 7 heteroatoms. The summed E-state index contributed by atoms with van der Waals surface area (Å²) in [5.74, 6) is 4.07. The lowest BCUT2D eigenvalue weighted by Crippen LogP contribution is -2.23.